The predicted octanol–water partition coefficient (Wildman–Crippen LogP) is 1.64. The minimum absolute atomic E-state index is 0.888. The van der Waals surface area contributed by atoms with E-state index in [4.69, 9.17) is 0 Å². The van der Waals surface area contributed by atoms with Gasteiger partial charge in [-0.05, 0) is 12.8 Å². The molecule has 3 nitrogen and oxygen atoms in total. The van der Waals surface area contributed by atoms with Gasteiger partial charge in [0.2, 0.25) is 0 Å². The zero-order valence-electron chi connectivity index (χ0n) is 7.53. The van der Waals surface area contributed by atoms with E-state index in [9.17, 15) is 0 Å². The third-order valence-corrected chi connectivity index (χ3v) is 2.73. The lowest BCUT2D eigenvalue weighted by Crippen LogP contribution is -2.16. The molecule has 1 aromatic rings. The van der Waals surface area contributed by atoms with Crippen LogP contribution < -0.4 is 0 Å². The van der Waals surface area contributed by atoms with Crippen LogP contribution in [-0.2, 0) is 13.0 Å². The number of rotatable bonds is 3. The molecule has 1 aromatic heterocycles. The fourth-order valence-electron chi connectivity index (χ4n) is 1.66. The lowest BCUT2D eigenvalue weighted by atomic mass is 9.83. The summed E-state index contributed by atoms with van der Waals surface area (Å²) >= 11 is 0. The Morgan fingerprint density at radius 3 is 3.00 bits per heavy atom. The van der Waals surface area contributed by atoms with E-state index in [1.54, 1.807) is 0 Å². The van der Waals surface area contributed by atoms with Crippen molar-refractivity contribution in [3.8, 4) is 0 Å². The summed E-state index contributed by atoms with van der Waals surface area (Å²) in [5.41, 5.74) is 0. The molecule has 0 aromatic carbocycles. The van der Waals surface area contributed by atoms with Crippen LogP contribution in [0.15, 0.2) is 6.33 Å². The Balaban J connectivity index is 2.00. The number of aryl methyl sites for hydroxylation is 1. The highest BCUT2D eigenvalue weighted by Gasteiger charge is 2.19. The average molecular weight is 165 g/mol. The second-order valence-electron chi connectivity index (χ2n) is 3.53. The standard InChI is InChI=1S/C9H15N3/c1-2-12-7-10-11-9(12)6-8-4-3-5-8/h7-8H,2-6H2,1H3. The molecule has 0 aliphatic heterocycles. The smallest absolute Gasteiger partial charge is 0.133 e. The molecule has 0 bridgehead atoms. The molecule has 0 N–H and O–H groups in total. The van der Waals surface area contributed by atoms with Crippen molar-refractivity contribution in [2.75, 3.05) is 0 Å². The van der Waals surface area contributed by atoms with Crippen LogP contribution in [0, 0.1) is 5.92 Å². The first-order valence-corrected chi connectivity index (χ1v) is 4.77. The van der Waals surface area contributed by atoms with Gasteiger partial charge in [0.15, 0.2) is 0 Å². The Hall–Kier alpha value is -0.860. The van der Waals surface area contributed by atoms with Crippen molar-refractivity contribution >= 4 is 0 Å². The quantitative estimate of drug-likeness (QED) is 0.681. The SMILES string of the molecule is CCn1cnnc1CC1CCC1. The van der Waals surface area contributed by atoms with Crippen LogP contribution in [0.1, 0.15) is 32.0 Å². The third kappa shape index (κ3) is 1.36. The lowest BCUT2D eigenvalue weighted by Gasteiger charge is -2.24. The van der Waals surface area contributed by atoms with Crippen LogP contribution in [0.3, 0.4) is 0 Å². The predicted molar refractivity (Wildman–Crippen MR) is 46.7 cm³/mol. The summed E-state index contributed by atoms with van der Waals surface area (Å²) in [6.45, 7) is 3.13. The molecule has 1 aliphatic carbocycles. The fraction of sp³-hybridized carbons (Fsp3) is 0.778. The molecule has 2 rings (SSSR count). The van der Waals surface area contributed by atoms with Crippen LogP contribution in [0.4, 0.5) is 0 Å². The minimum atomic E-state index is 0.888. The first-order chi connectivity index (χ1) is 5.90. The monoisotopic (exact) mass is 165 g/mol. The Labute approximate surface area is 72.8 Å². The van der Waals surface area contributed by atoms with Crippen molar-refractivity contribution in [1.82, 2.24) is 14.8 Å². The molecule has 3 heteroatoms. The van der Waals surface area contributed by atoms with Gasteiger partial charge in [0, 0.05) is 13.0 Å². The highest BCUT2D eigenvalue weighted by molar-refractivity contribution is 4.90. The maximum atomic E-state index is 4.12. The van der Waals surface area contributed by atoms with Crippen molar-refractivity contribution < 1.29 is 0 Å². The molecular weight excluding hydrogens is 150 g/mol. The van der Waals surface area contributed by atoms with Gasteiger partial charge in [0.25, 0.3) is 0 Å². The molecule has 1 aliphatic rings. The van der Waals surface area contributed by atoms with Gasteiger partial charge in [0.1, 0.15) is 12.2 Å². The van der Waals surface area contributed by atoms with Crippen molar-refractivity contribution in [3.63, 3.8) is 0 Å². The lowest BCUT2D eigenvalue weighted by molar-refractivity contribution is 0.306. The Morgan fingerprint density at radius 2 is 2.42 bits per heavy atom. The zero-order valence-corrected chi connectivity index (χ0v) is 7.53. The zero-order chi connectivity index (χ0) is 8.39. The Kier molecular flexibility index (Phi) is 2.11. The Morgan fingerprint density at radius 1 is 1.58 bits per heavy atom. The summed E-state index contributed by atoms with van der Waals surface area (Å²) in [5, 5.41) is 8.04. The summed E-state index contributed by atoms with van der Waals surface area (Å²) in [6.07, 6.45) is 7.14. The van der Waals surface area contributed by atoms with E-state index in [1.807, 2.05) is 6.33 Å². The van der Waals surface area contributed by atoms with Gasteiger partial charge in [-0.3, -0.25) is 0 Å². The molecule has 0 unspecified atom stereocenters. The van der Waals surface area contributed by atoms with E-state index >= 15 is 0 Å². The largest absolute Gasteiger partial charge is 0.318 e. The first kappa shape index (κ1) is 7.77. The second-order valence-corrected chi connectivity index (χ2v) is 3.53. The van der Waals surface area contributed by atoms with Crippen molar-refractivity contribution in [2.24, 2.45) is 5.92 Å². The number of nitrogens with zero attached hydrogens (tertiary/aromatic N) is 3. The first-order valence-electron chi connectivity index (χ1n) is 4.77. The van der Waals surface area contributed by atoms with E-state index in [-0.39, 0.29) is 0 Å². The highest BCUT2D eigenvalue weighted by atomic mass is 15.3. The maximum absolute atomic E-state index is 4.12. The van der Waals surface area contributed by atoms with Gasteiger partial charge in [0.05, 0.1) is 0 Å². The van der Waals surface area contributed by atoms with Gasteiger partial charge in [-0.1, -0.05) is 19.3 Å². The molecule has 1 fully saturated rings. The third-order valence-electron chi connectivity index (χ3n) is 2.73. The molecule has 0 radical (unpaired) electrons. The molecule has 0 spiro atoms. The fourth-order valence-corrected chi connectivity index (χ4v) is 1.66. The van der Waals surface area contributed by atoms with Gasteiger partial charge < -0.3 is 4.57 Å². The van der Waals surface area contributed by atoms with Gasteiger partial charge in [-0.25, -0.2) is 0 Å². The summed E-state index contributed by atoms with van der Waals surface area (Å²) in [5.74, 6) is 2.06. The molecule has 0 amide bonds. The molecule has 1 saturated carbocycles. The molecular formula is C9H15N3. The van der Waals surface area contributed by atoms with Crippen LogP contribution in [0.25, 0.3) is 0 Å². The topological polar surface area (TPSA) is 30.7 Å². The van der Waals surface area contributed by atoms with Crippen LogP contribution in [0.2, 0.25) is 0 Å². The molecule has 0 atom stereocenters. The number of hydrogen-bond donors (Lipinski definition) is 0. The van der Waals surface area contributed by atoms with Crippen molar-refractivity contribution in [1.29, 1.82) is 0 Å². The van der Waals surface area contributed by atoms with Crippen LogP contribution in [-0.4, -0.2) is 14.8 Å². The maximum Gasteiger partial charge on any atom is 0.133 e. The number of aromatic nitrogens is 3. The van der Waals surface area contributed by atoms with E-state index in [1.165, 1.54) is 25.1 Å². The molecule has 0 saturated heterocycles. The van der Waals surface area contributed by atoms with Gasteiger partial charge in [-0.2, -0.15) is 0 Å². The highest BCUT2D eigenvalue weighted by Crippen LogP contribution is 2.28. The second kappa shape index (κ2) is 3.25. The Bertz CT molecular complexity index is 250. The van der Waals surface area contributed by atoms with Crippen molar-refractivity contribution in [3.05, 3.63) is 12.2 Å². The summed E-state index contributed by atoms with van der Waals surface area (Å²) in [6, 6.07) is 0. The van der Waals surface area contributed by atoms with E-state index in [2.05, 4.69) is 21.7 Å². The van der Waals surface area contributed by atoms with Crippen LogP contribution in [0.5, 0.6) is 0 Å². The molecule has 1 heterocycles. The van der Waals surface area contributed by atoms with Gasteiger partial charge >= 0.3 is 0 Å². The molecule has 12 heavy (non-hydrogen) atoms. The number of hydrogen-bond acceptors (Lipinski definition) is 2. The van der Waals surface area contributed by atoms with E-state index in [0.717, 1.165) is 18.9 Å². The van der Waals surface area contributed by atoms with Crippen LogP contribution >= 0.6 is 0 Å². The summed E-state index contributed by atoms with van der Waals surface area (Å²) in [4.78, 5) is 0. The van der Waals surface area contributed by atoms with Gasteiger partial charge in [-0.15, -0.1) is 10.2 Å². The normalized spacial score (nSPS) is 17.8. The summed E-state index contributed by atoms with van der Waals surface area (Å²) < 4.78 is 2.14. The van der Waals surface area contributed by atoms with Crippen molar-refractivity contribution in [2.45, 2.75) is 39.2 Å². The average Bonchev–Trinajstić information content (AvgIpc) is 2.43. The molecule has 66 valence electrons. The van der Waals surface area contributed by atoms with E-state index < -0.39 is 0 Å². The van der Waals surface area contributed by atoms with E-state index in [0.29, 0.717) is 0 Å². The minimum Gasteiger partial charge on any atom is -0.318 e. The summed E-state index contributed by atoms with van der Waals surface area (Å²) in [7, 11) is 0.